The Morgan fingerprint density at radius 3 is 1.48 bits per heavy atom. The van der Waals surface area contributed by atoms with Crippen LogP contribution in [-0.2, 0) is 4.89 Å². The maximum atomic E-state index is 10.5. The molecule has 116 valence electrons. The topological polar surface area (TPSA) is 58.6 Å². The molecule has 23 heavy (non-hydrogen) atoms. The monoisotopic (exact) mass is 307 g/mol. The highest BCUT2D eigenvalue weighted by atomic mass is 17.1. The average molecular weight is 307 g/mol. The Labute approximate surface area is 134 Å². The Hall–Kier alpha value is -3.11. The maximum Gasteiger partial charge on any atom is 0.372 e. The third-order valence-electron chi connectivity index (χ3n) is 2.93. The molecule has 0 radical (unpaired) electrons. The molecule has 0 heterocycles. The predicted octanol–water partition coefficient (Wildman–Crippen LogP) is 4.75. The van der Waals surface area contributed by atoms with Gasteiger partial charge >= 0.3 is 5.97 Å². The second kappa shape index (κ2) is 9.02. The summed E-state index contributed by atoms with van der Waals surface area (Å²) in [4.78, 5) is 14.0. The van der Waals surface area contributed by atoms with Gasteiger partial charge in [0.25, 0.3) is 0 Å². The lowest BCUT2D eigenvalue weighted by Gasteiger charge is -2.04. The van der Waals surface area contributed by atoms with Gasteiger partial charge in [0.15, 0.2) is 0 Å². The van der Waals surface area contributed by atoms with Gasteiger partial charge in [0.2, 0.25) is 0 Å². The largest absolute Gasteiger partial charge is 0.372 e. The van der Waals surface area contributed by atoms with Gasteiger partial charge in [-0.25, -0.2) is 4.79 Å². The lowest BCUT2D eigenvalue weighted by molar-refractivity contribution is -0.182. The Bertz CT molecular complexity index is 663. The van der Waals surface area contributed by atoms with Gasteiger partial charge in [-0.2, -0.15) is 5.26 Å². The van der Waals surface area contributed by atoms with Gasteiger partial charge in [-0.1, -0.05) is 54.6 Å². The van der Waals surface area contributed by atoms with Crippen LogP contribution >= 0.6 is 0 Å². The first kappa shape index (κ1) is 16.3. The lowest BCUT2D eigenvalue weighted by atomic mass is 10.2. The zero-order chi connectivity index (χ0) is 16.3. The lowest BCUT2D eigenvalue weighted by Crippen LogP contribution is -2.00. The summed E-state index contributed by atoms with van der Waals surface area (Å²) in [6, 6.07) is 28.5. The normalized spacial score (nSPS) is 9.26. The minimum absolute atomic E-state index is 0.338. The van der Waals surface area contributed by atoms with Crippen LogP contribution in [0.2, 0.25) is 0 Å². The van der Waals surface area contributed by atoms with E-state index in [0.717, 1.165) is 11.4 Å². The van der Waals surface area contributed by atoms with Crippen LogP contribution in [0.25, 0.3) is 0 Å². The third kappa shape index (κ3) is 5.65. The number of para-hydroxylation sites is 2. The quantitative estimate of drug-likeness (QED) is 0.541. The molecule has 0 unspecified atom stereocenters. The van der Waals surface area contributed by atoms with Crippen molar-refractivity contribution in [1.82, 2.24) is 0 Å². The summed E-state index contributed by atoms with van der Waals surface area (Å²) in [5, 5.41) is 11.2. The van der Waals surface area contributed by atoms with Crippen LogP contribution < -0.4 is 5.32 Å². The van der Waals surface area contributed by atoms with Crippen LogP contribution in [0, 0.1) is 0 Å². The molecule has 0 aliphatic rings. The smallest absolute Gasteiger partial charge is 0.356 e. The fourth-order valence-corrected chi connectivity index (χ4v) is 1.84. The molecule has 0 bridgehead atoms. The highest BCUT2D eigenvalue weighted by Gasteiger charge is 2.02. The fourth-order valence-electron chi connectivity index (χ4n) is 1.84. The van der Waals surface area contributed by atoms with E-state index >= 15 is 0 Å². The summed E-state index contributed by atoms with van der Waals surface area (Å²) < 4.78 is 0. The molecule has 0 aliphatic heterocycles. The van der Waals surface area contributed by atoms with Crippen molar-refractivity contribution in [3.63, 3.8) is 0 Å². The number of nitrogens with one attached hydrogen (secondary N) is 1. The van der Waals surface area contributed by atoms with Crippen LogP contribution in [0.3, 0.4) is 0 Å². The molecular formula is C19H17NO3. The SMILES string of the molecule is O=C(OO)c1ccccc1.c1ccc(Nc2ccccc2)cc1. The molecule has 0 amide bonds. The van der Waals surface area contributed by atoms with Gasteiger partial charge in [-0.3, -0.25) is 4.89 Å². The first-order valence-electron chi connectivity index (χ1n) is 7.07. The number of benzene rings is 3. The van der Waals surface area contributed by atoms with E-state index in [1.807, 2.05) is 60.7 Å². The van der Waals surface area contributed by atoms with Crippen molar-refractivity contribution < 1.29 is 14.9 Å². The first-order chi connectivity index (χ1) is 11.3. The second-order valence-electron chi connectivity index (χ2n) is 4.60. The molecule has 0 saturated carbocycles. The molecule has 2 N–H and O–H groups in total. The highest BCUT2D eigenvalue weighted by Crippen LogP contribution is 2.14. The van der Waals surface area contributed by atoms with Gasteiger partial charge in [0, 0.05) is 11.4 Å². The second-order valence-corrected chi connectivity index (χ2v) is 4.60. The van der Waals surface area contributed by atoms with Gasteiger partial charge in [0.05, 0.1) is 5.56 Å². The van der Waals surface area contributed by atoms with Crippen LogP contribution in [-0.4, -0.2) is 11.2 Å². The molecule has 0 atom stereocenters. The molecule has 0 spiro atoms. The molecule has 3 aromatic rings. The third-order valence-corrected chi connectivity index (χ3v) is 2.93. The molecule has 3 rings (SSSR count). The summed E-state index contributed by atoms with van der Waals surface area (Å²) in [6.07, 6.45) is 0. The van der Waals surface area contributed by atoms with E-state index in [1.165, 1.54) is 0 Å². The van der Waals surface area contributed by atoms with E-state index < -0.39 is 5.97 Å². The van der Waals surface area contributed by atoms with Crippen molar-refractivity contribution in [2.75, 3.05) is 5.32 Å². The minimum Gasteiger partial charge on any atom is -0.356 e. The van der Waals surface area contributed by atoms with Crippen molar-refractivity contribution in [1.29, 1.82) is 0 Å². The summed E-state index contributed by atoms with van der Waals surface area (Å²) in [5.74, 6) is -0.736. The zero-order valence-corrected chi connectivity index (χ0v) is 12.4. The number of hydrogen-bond acceptors (Lipinski definition) is 4. The zero-order valence-electron chi connectivity index (χ0n) is 12.4. The molecule has 0 saturated heterocycles. The maximum absolute atomic E-state index is 10.5. The first-order valence-corrected chi connectivity index (χ1v) is 7.07. The fraction of sp³-hybridized carbons (Fsp3) is 0. The van der Waals surface area contributed by atoms with Gasteiger partial charge in [0.1, 0.15) is 0 Å². The number of anilines is 2. The van der Waals surface area contributed by atoms with Crippen LogP contribution in [0.1, 0.15) is 10.4 Å². The molecule has 4 nitrogen and oxygen atoms in total. The van der Waals surface area contributed by atoms with Crippen LogP contribution in [0.4, 0.5) is 11.4 Å². The highest BCUT2D eigenvalue weighted by molar-refractivity contribution is 5.88. The average Bonchev–Trinajstić information content (AvgIpc) is 2.64. The van der Waals surface area contributed by atoms with Gasteiger partial charge < -0.3 is 5.32 Å². The van der Waals surface area contributed by atoms with Gasteiger partial charge in [-0.05, 0) is 36.4 Å². The molecule has 4 heteroatoms. The number of rotatable bonds is 3. The van der Waals surface area contributed by atoms with E-state index in [9.17, 15) is 4.79 Å². The van der Waals surface area contributed by atoms with E-state index in [0.29, 0.717) is 5.56 Å². The molecule has 0 aliphatic carbocycles. The van der Waals surface area contributed by atoms with E-state index in [1.54, 1.807) is 30.3 Å². The van der Waals surface area contributed by atoms with Crippen LogP contribution in [0.5, 0.6) is 0 Å². The number of carbonyl (C=O) groups excluding carboxylic acids is 1. The summed E-state index contributed by atoms with van der Waals surface area (Å²) in [6.45, 7) is 0. The summed E-state index contributed by atoms with van der Waals surface area (Å²) >= 11 is 0. The van der Waals surface area contributed by atoms with Crippen molar-refractivity contribution in [2.45, 2.75) is 0 Å². The van der Waals surface area contributed by atoms with Crippen molar-refractivity contribution in [3.8, 4) is 0 Å². The number of carbonyl (C=O) groups is 1. The van der Waals surface area contributed by atoms with Crippen LogP contribution in [0.15, 0.2) is 91.0 Å². The Morgan fingerprint density at radius 1 is 0.696 bits per heavy atom. The predicted molar refractivity (Wildman–Crippen MR) is 90.7 cm³/mol. The Balaban J connectivity index is 0.000000174. The molecule has 0 fully saturated rings. The molecular weight excluding hydrogens is 290 g/mol. The van der Waals surface area contributed by atoms with Crippen molar-refractivity contribution >= 4 is 17.3 Å². The van der Waals surface area contributed by atoms with Crippen molar-refractivity contribution in [3.05, 3.63) is 96.6 Å². The molecule has 3 aromatic carbocycles. The Morgan fingerprint density at radius 2 is 1.09 bits per heavy atom. The standard InChI is InChI=1S/C12H11N.C7H6O3/c1-3-7-11(8-4-1)13-12-9-5-2-6-10-12;8-7(10-9)6-4-2-1-3-5-6/h1-10,13H;1-5,9H. The summed E-state index contributed by atoms with van der Waals surface area (Å²) in [5.41, 5.74) is 2.58. The van der Waals surface area contributed by atoms with Crippen molar-refractivity contribution in [2.24, 2.45) is 0 Å². The number of hydrogen-bond donors (Lipinski definition) is 2. The Kier molecular flexibility index (Phi) is 6.38. The minimum atomic E-state index is -0.736. The van der Waals surface area contributed by atoms with E-state index in [2.05, 4.69) is 10.2 Å². The summed E-state index contributed by atoms with van der Waals surface area (Å²) in [7, 11) is 0. The van der Waals surface area contributed by atoms with E-state index in [-0.39, 0.29) is 0 Å². The molecule has 0 aromatic heterocycles. The van der Waals surface area contributed by atoms with Gasteiger partial charge in [-0.15, -0.1) is 0 Å². The van der Waals surface area contributed by atoms with E-state index in [4.69, 9.17) is 5.26 Å².